The summed E-state index contributed by atoms with van der Waals surface area (Å²) in [5, 5.41) is 1.39. The largest absolute Gasteiger partial charge is 0.378 e. The highest BCUT2D eigenvalue weighted by Crippen LogP contribution is 2.42. The summed E-state index contributed by atoms with van der Waals surface area (Å²) in [4.78, 5) is 10.3. The van der Waals surface area contributed by atoms with Crippen molar-refractivity contribution in [2.45, 2.75) is 25.7 Å². The van der Waals surface area contributed by atoms with Crippen LogP contribution in [0.15, 0.2) is 60.7 Å². The molecule has 1 saturated heterocycles. The van der Waals surface area contributed by atoms with E-state index < -0.39 is 0 Å². The maximum Gasteiger partial charge on any atom is 0.125 e. The van der Waals surface area contributed by atoms with Crippen LogP contribution in [0.5, 0.6) is 0 Å². The molecule has 0 atom stereocenters. The summed E-state index contributed by atoms with van der Waals surface area (Å²) in [5.74, 6) is 0. The molecule has 0 saturated carbocycles. The number of aryl methyl sites for hydroxylation is 2. The number of pyridine rings is 1. The van der Waals surface area contributed by atoms with E-state index in [-0.39, 0.29) is 0 Å². The summed E-state index contributed by atoms with van der Waals surface area (Å²) in [6.45, 7) is 3.54. The Morgan fingerprint density at radius 1 is 0.839 bits per heavy atom. The second-order valence-electron chi connectivity index (χ2n) is 8.46. The second-order valence-corrected chi connectivity index (χ2v) is 9.54. The van der Waals surface area contributed by atoms with Gasteiger partial charge in [0.05, 0.1) is 18.9 Å². The molecular formula is C27H26N2OS. The maximum atomic E-state index is 5.49. The van der Waals surface area contributed by atoms with Gasteiger partial charge in [-0.1, -0.05) is 42.5 Å². The quantitative estimate of drug-likeness (QED) is 0.382. The molecule has 1 aliphatic carbocycles. The molecule has 3 heterocycles. The number of fused-ring (bicyclic) bond motifs is 3. The third-order valence-electron chi connectivity index (χ3n) is 6.55. The lowest BCUT2D eigenvalue weighted by Gasteiger charge is -2.28. The molecule has 6 rings (SSSR count). The highest BCUT2D eigenvalue weighted by Gasteiger charge is 2.21. The van der Waals surface area contributed by atoms with E-state index in [1.807, 2.05) is 11.3 Å². The molecule has 0 N–H and O–H groups in total. The molecule has 0 spiro atoms. The van der Waals surface area contributed by atoms with Gasteiger partial charge in [0, 0.05) is 34.6 Å². The van der Waals surface area contributed by atoms with Crippen molar-refractivity contribution in [3.05, 3.63) is 71.1 Å². The molecule has 0 amide bonds. The Bertz CT molecular complexity index is 1210. The van der Waals surface area contributed by atoms with Gasteiger partial charge >= 0.3 is 0 Å². The zero-order valence-corrected chi connectivity index (χ0v) is 18.5. The molecule has 1 aliphatic heterocycles. The molecule has 1 fully saturated rings. The van der Waals surface area contributed by atoms with Crippen LogP contribution in [0.1, 0.15) is 23.3 Å². The molecule has 156 valence electrons. The van der Waals surface area contributed by atoms with E-state index in [4.69, 9.17) is 9.72 Å². The second kappa shape index (κ2) is 8.10. The fourth-order valence-corrected chi connectivity index (χ4v) is 6.20. The van der Waals surface area contributed by atoms with E-state index in [0.717, 1.165) is 32.0 Å². The molecular weight excluding hydrogens is 400 g/mol. The Morgan fingerprint density at radius 2 is 1.61 bits per heavy atom. The molecule has 2 aromatic heterocycles. The molecule has 2 aliphatic rings. The van der Waals surface area contributed by atoms with Crippen molar-refractivity contribution in [1.82, 2.24) is 4.98 Å². The maximum absolute atomic E-state index is 5.49. The van der Waals surface area contributed by atoms with Gasteiger partial charge in [-0.25, -0.2) is 4.98 Å². The lowest BCUT2D eigenvalue weighted by Crippen LogP contribution is -2.36. The summed E-state index contributed by atoms with van der Waals surface area (Å²) in [7, 11) is 0. The van der Waals surface area contributed by atoms with E-state index in [9.17, 15) is 0 Å². The number of hydrogen-bond donors (Lipinski definition) is 0. The van der Waals surface area contributed by atoms with Crippen molar-refractivity contribution in [1.29, 1.82) is 0 Å². The van der Waals surface area contributed by atoms with Gasteiger partial charge in [-0.15, -0.1) is 11.3 Å². The van der Waals surface area contributed by atoms with Crippen molar-refractivity contribution < 1.29 is 4.74 Å². The average Bonchev–Trinajstić information content (AvgIpc) is 3.23. The fourth-order valence-electron chi connectivity index (χ4n) is 4.92. The average molecular weight is 427 g/mol. The summed E-state index contributed by atoms with van der Waals surface area (Å²) in [6.07, 6.45) is 4.98. The smallest absolute Gasteiger partial charge is 0.125 e. The van der Waals surface area contributed by atoms with Crippen LogP contribution >= 0.6 is 11.3 Å². The number of thiophene rings is 1. The topological polar surface area (TPSA) is 25.4 Å². The number of ether oxygens (including phenoxy) is 1. The van der Waals surface area contributed by atoms with Crippen molar-refractivity contribution in [3.63, 3.8) is 0 Å². The number of morpholine rings is 1. The number of benzene rings is 2. The Hall–Kier alpha value is -2.69. The van der Waals surface area contributed by atoms with Crippen molar-refractivity contribution >= 4 is 27.2 Å². The van der Waals surface area contributed by atoms with Gasteiger partial charge in [-0.3, -0.25) is 0 Å². The van der Waals surface area contributed by atoms with Crippen LogP contribution in [0.25, 0.3) is 32.6 Å². The van der Waals surface area contributed by atoms with E-state index in [2.05, 4.69) is 65.6 Å². The third-order valence-corrected chi connectivity index (χ3v) is 7.73. The number of anilines is 1. The molecule has 3 nitrogen and oxygen atoms in total. The predicted octanol–water partition coefficient (Wildman–Crippen LogP) is 6.35. The van der Waals surface area contributed by atoms with Crippen molar-refractivity contribution in [3.8, 4) is 22.4 Å². The number of aromatic nitrogens is 1. The summed E-state index contributed by atoms with van der Waals surface area (Å²) >= 11 is 1.91. The lowest BCUT2D eigenvalue weighted by molar-refractivity contribution is 0.122. The first kappa shape index (κ1) is 19.0. The van der Waals surface area contributed by atoms with E-state index >= 15 is 0 Å². The van der Waals surface area contributed by atoms with E-state index in [1.54, 1.807) is 10.4 Å². The first-order chi connectivity index (χ1) is 15.4. The fraction of sp³-hybridized carbons (Fsp3) is 0.296. The van der Waals surface area contributed by atoms with Gasteiger partial charge < -0.3 is 9.64 Å². The monoisotopic (exact) mass is 426 g/mol. The summed E-state index contributed by atoms with van der Waals surface area (Å²) < 4.78 is 5.49. The van der Waals surface area contributed by atoms with Crippen molar-refractivity contribution in [2.24, 2.45) is 0 Å². The minimum atomic E-state index is 0.809. The number of rotatable bonds is 3. The van der Waals surface area contributed by atoms with Gasteiger partial charge in [0.1, 0.15) is 4.83 Å². The Balaban J connectivity index is 1.46. The van der Waals surface area contributed by atoms with Crippen LogP contribution < -0.4 is 4.90 Å². The molecule has 4 aromatic rings. The van der Waals surface area contributed by atoms with Gasteiger partial charge in [0.15, 0.2) is 0 Å². The van der Waals surface area contributed by atoms with Gasteiger partial charge in [0.2, 0.25) is 0 Å². The molecule has 31 heavy (non-hydrogen) atoms. The van der Waals surface area contributed by atoms with E-state index in [1.165, 1.54) is 58.3 Å². The molecule has 0 unspecified atom stereocenters. The van der Waals surface area contributed by atoms with Crippen LogP contribution in [-0.2, 0) is 17.6 Å². The molecule has 0 bridgehead atoms. The molecule has 2 aromatic carbocycles. The highest BCUT2D eigenvalue weighted by atomic mass is 32.1. The van der Waals surface area contributed by atoms with Crippen LogP contribution in [0, 0.1) is 0 Å². The summed E-state index contributed by atoms with van der Waals surface area (Å²) in [6, 6.07) is 22.0. The molecule has 4 heteroatoms. The van der Waals surface area contributed by atoms with Crippen molar-refractivity contribution in [2.75, 3.05) is 31.2 Å². The normalized spacial score (nSPS) is 16.5. The minimum absolute atomic E-state index is 0.809. The zero-order chi connectivity index (χ0) is 20.6. The number of hydrogen-bond acceptors (Lipinski definition) is 4. The van der Waals surface area contributed by atoms with Crippen LogP contribution in [-0.4, -0.2) is 31.3 Å². The van der Waals surface area contributed by atoms with Gasteiger partial charge in [-0.2, -0.15) is 0 Å². The predicted molar refractivity (Wildman–Crippen MR) is 130 cm³/mol. The Kier molecular flexibility index (Phi) is 4.97. The Labute approximate surface area is 187 Å². The highest BCUT2D eigenvalue weighted by molar-refractivity contribution is 7.19. The SMILES string of the molecule is c1ccc(-c2cc(-c3ccc(N4CCOCC4)cc3)nc3sc4c(c23)CCCC4)cc1. The van der Waals surface area contributed by atoms with Crippen LogP contribution in [0.3, 0.4) is 0 Å². The molecule has 0 radical (unpaired) electrons. The number of nitrogens with zero attached hydrogens (tertiary/aromatic N) is 2. The lowest BCUT2D eigenvalue weighted by atomic mass is 9.92. The van der Waals surface area contributed by atoms with Gasteiger partial charge in [0.25, 0.3) is 0 Å². The van der Waals surface area contributed by atoms with Crippen LogP contribution in [0.4, 0.5) is 5.69 Å². The third kappa shape index (κ3) is 3.54. The standard InChI is InChI=1S/C27H26N2OS/c1-2-6-19(7-3-1)23-18-24(28-27-26(23)22-8-4-5-9-25(22)31-27)20-10-12-21(13-11-20)29-14-16-30-17-15-29/h1-3,6-7,10-13,18H,4-5,8-9,14-17H2. The van der Waals surface area contributed by atoms with E-state index in [0.29, 0.717) is 0 Å². The van der Waals surface area contributed by atoms with Gasteiger partial charge in [-0.05, 0) is 60.6 Å². The zero-order valence-electron chi connectivity index (χ0n) is 17.6. The first-order valence-electron chi connectivity index (χ1n) is 11.3. The summed E-state index contributed by atoms with van der Waals surface area (Å²) in [5.41, 5.74) is 7.68. The first-order valence-corrected chi connectivity index (χ1v) is 12.1. The Morgan fingerprint density at radius 3 is 2.42 bits per heavy atom. The van der Waals surface area contributed by atoms with Crippen LogP contribution in [0.2, 0.25) is 0 Å². The minimum Gasteiger partial charge on any atom is -0.378 e.